The van der Waals surface area contributed by atoms with E-state index in [1.807, 2.05) is 0 Å². The summed E-state index contributed by atoms with van der Waals surface area (Å²) in [4.78, 5) is 29.1. The average Bonchev–Trinajstić information content (AvgIpc) is 2.80. The molecule has 1 amide bonds. The van der Waals surface area contributed by atoms with E-state index in [9.17, 15) is 18.0 Å². The second-order valence-corrected chi connectivity index (χ2v) is 9.05. The number of ether oxygens (including phenoxy) is 3. The maximum absolute atomic E-state index is 13.0. The highest BCUT2D eigenvalue weighted by Gasteiger charge is 2.27. The van der Waals surface area contributed by atoms with Crippen LogP contribution in [0.4, 0.5) is 5.69 Å². The smallest absolute Gasteiger partial charge is 0.339 e. The number of nitrogens with one attached hydrogen (secondary N) is 1. The molecule has 11 heteroatoms. The number of benzene rings is 1. The number of amides is 1. The monoisotopic (exact) mass is 477 g/mol. The minimum Gasteiger partial charge on any atom is -0.492 e. The molecule has 1 aliphatic heterocycles. The van der Waals surface area contributed by atoms with E-state index in [1.165, 1.54) is 34.6 Å². The van der Waals surface area contributed by atoms with Crippen molar-refractivity contribution in [1.29, 1.82) is 0 Å². The molecule has 1 aromatic heterocycles. The van der Waals surface area contributed by atoms with Crippen LogP contribution in [0.2, 0.25) is 0 Å². The van der Waals surface area contributed by atoms with E-state index in [0.717, 1.165) is 0 Å². The van der Waals surface area contributed by atoms with Gasteiger partial charge >= 0.3 is 5.97 Å². The van der Waals surface area contributed by atoms with Crippen molar-refractivity contribution in [3.63, 3.8) is 0 Å². The Balaban J connectivity index is 1.88. The Morgan fingerprint density at radius 1 is 1.12 bits per heavy atom. The summed E-state index contributed by atoms with van der Waals surface area (Å²) in [6.45, 7) is 6.80. The highest BCUT2D eigenvalue weighted by atomic mass is 32.2. The fourth-order valence-corrected chi connectivity index (χ4v) is 4.72. The summed E-state index contributed by atoms with van der Waals surface area (Å²) in [5.74, 6) is -0.767. The summed E-state index contributed by atoms with van der Waals surface area (Å²) >= 11 is 0. The number of anilines is 1. The van der Waals surface area contributed by atoms with Gasteiger partial charge in [-0.3, -0.25) is 4.79 Å². The van der Waals surface area contributed by atoms with E-state index in [1.54, 1.807) is 20.8 Å². The zero-order chi connectivity index (χ0) is 24.0. The van der Waals surface area contributed by atoms with Crippen LogP contribution in [0.25, 0.3) is 0 Å². The van der Waals surface area contributed by atoms with Crippen molar-refractivity contribution in [3.8, 4) is 5.75 Å². The van der Waals surface area contributed by atoms with Crippen LogP contribution in [0.1, 0.15) is 40.4 Å². The molecule has 0 radical (unpaired) electrons. The molecule has 0 saturated carbocycles. The molecule has 1 fully saturated rings. The number of hydrogen-bond donors (Lipinski definition) is 1. The SMILES string of the molecule is CCOC(=O)c1ccc(C(=O)Nc2cc(S(=O)(=O)N3CCOCC3)ccc2OCC)nc1C. The minimum atomic E-state index is -3.76. The van der Waals surface area contributed by atoms with Gasteiger partial charge in [0.1, 0.15) is 11.4 Å². The third-order valence-corrected chi connectivity index (χ3v) is 6.82. The number of hydrogen-bond acceptors (Lipinski definition) is 8. The number of carbonyl (C=O) groups is 2. The van der Waals surface area contributed by atoms with Gasteiger partial charge in [-0.25, -0.2) is 18.2 Å². The predicted octanol–water partition coefficient (Wildman–Crippen LogP) is 2.24. The molecule has 0 aliphatic carbocycles. The molecular formula is C22H27N3O7S. The van der Waals surface area contributed by atoms with Crippen molar-refractivity contribution in [2.45, 2.75) is 25.7 Å². The van der Waals surface area contributed by atoms with Gasteiger partial charge < -0.3 is 19.5 Å². The first-order chi connectivity index (χ1) is 15.8. The Hall–Kier alpha value is -3.02. The summed E-state index contributed by atoms with van der Waals surface area (Å²) in [6, 6.07) is 7.20. The molecule has 2 heterocycles. The molecule has 3 rings (SSSR count). The highest BCUT2D eigenvalue weighted by Crippen LogP contribution is 2.30. The number of sulfonamides is 1. The van der Waals surface area contributed by atoms with Crippen LogP contribution in [0.15, 0.2) is 35.2 Å². The maximum Gasteiger partial charge on any atom is 0.339 e. The standard InChI is InChI=1S/C22H27N3O7S/c1-4-31-20-9-6-16(33(28,29)25-10-12-30-13-11-25)14-19(20)24-21(26)18-8-7-17(15(3)23-18)22(27)32-5-2/h6-9,14H,4-5,10-13H2,1-3H3,(H,24,26). The van der Waals surface area contributed by atoms with Gasteiger partial charge in [0.15, 0.2) is 0 Å². The summed E-state index contributed by atoms with van der Waals surface area (Å²) in [7, 11) is -3.76. The van der Waals surface area contributed by atoms with Gasteiger partial charge in [-0.05, 0) is 51.1 Å². The van der Waals surface area contributed by atoms with E-state index in [2.05, 4.69) is 10.3 Å². The second-order valence-electron chi connectivity index (χ2n) is 7.11. The van der Waals surface area contributed by atoms with Crippen molar-refractivity contribution >= 4 is 27.6 Å². The van der Waals surface area contributed by atoms with Crippen LogP contribution in [0.5, 0.6) is 5.75 Å². The molecule has 1 N–H and O–H groups in total. The average molecular weight is 478 g/mol. The number of carbonyl (C=O) groups excluding carboxylic acids is 2. The fourth-order valence-electron chi connectivity index (χ4n) is 3.28. The van der Waals surface area contributed by atoms with Gasteiger partial charge in [0.2, 0.25) is 10.0 Å². The molecule has 2 aromatic rings. The van der Waals surface area contributed by atoms with Crippen LogP contribution in [0, 0.1) is 6.92 Å². The summed E-state index contributed by atoms with van der Waals surface area (Å²) in [6.07, 6.45) is 0. The van der Waals surface area contributed by atoms with E-state index >= 15 is 0 Å². The van der Waals surface area contributed by atoms with Crippen molar-refractivity contribution in [3.05, 3.63) is 47.3 Å². The van der Waals surface area contributed by atoms with E-state index in [-0.39, 0.29) is 41.5 Å². The van der Waals surface area contributed by atoms with Gasteiger partial charge in [-0.1, -0.05) is 0 Å². The molecule has 1 saturated heterocycles. The van der Waals surface area contributed by atoms with Gasteiger partial charge in [0.05, 0.1) is 48.3 Å². The van der Waals surface area contributed by atoms with Gasteiger partial charge in [0, 0.05) is 13.1 Å². The molecule has 10 nitrogen and oxygen atoms in total. The molecule has 33 heavy (non-hydrogen) atoms. The van der Waals surface area contributed by atoms with E-state index < -0.39 is 21.9 Å². The number of esters is 1. The summed E-state index contributed by atoms with van der Waals surface area (Å²) in [5, 5.41) is 2.68. The predicted molar refractivity (Wildman–Crippen MR) is 120 cm³/mol. The Morgan fingerprint density at radius 3 is 2.48 bits per heavy atom. The second kappa shape index (κ2) is 10.7. The van der Waals surface area contributed by atoms with Crippen molar-refractivity contribution in [1.82, 2.24) is 9.29 Å². The van der Waals surface area contributed by atoms with Crippen molar-refractivity contribution in [2.75, 3.05) is 44.8 Å². The first-order valence-electron chi connectivity index (χ1n) is 10.6. The maximum atomic E-state index is 13.0. The third kappa shape index (κ3) is 5.67. The molecule has 1 aliphatic rings. The van der Waals surface area contributed by atoms with Crippen LogP contribution >= 0.6 is 0 Å². The van der Waals surface area contributed by atoms with E-state index in [0.29, 0.717) is 31.3 Å². The van der Waals surface area contributed by atoms with Gasteiger partial charge in [0.25, 0.3) is 5.91 Å². The lowest BCUT2D eigenvalue weighted by Gasteiger charge is -2.26. The Bertz CT molecular complexity index is 1130. The van der Waals surface area contributed by atoms with Crippen LogP contribution in [-0.2, 0) is 19.5 Å². The zero-order valence-corrected chi connectivity index (χ0v) is 19.6. The molecule has 1 aromatic carbocycles. The molecule has 0 atom stereocenters. The first kappa shape index (κ1) is 24.6. The lowest BCUT2D eigenvalue weighted by Crippen LogP contribution is -2.40. The highest BCUT2D eigenvalue weighted by molar-refractivity contribution is 7.89. The molecule has 0 spiro atoms. The van der Waals surface area contributed by atoms with Crippen LogP contribution < -0.4 is 10.1 Å². The molecule has 178 valence electrons. The third-order valence-electron chi connectivity index (χ3n) is 4.92. The van der Waals surface area contributed by atoms with Gasteiger partial charge in [-0.15, -0.1) is 0 Å². The van der Waals surface area contributed by atoms with Gasteiger partial charge in [-0.2, -0.15) is 4.31 Å². The fraction of sp³-hybridized carbons (Fsp3) is 0.409. The first-order valence-corrected chi connectivity index (χ1v) is 12.0. The Morgan fingerprint density at radius 2 is 1.85 bits per heavy atom. The van der Waals surface area contributed by atoms with E-state index in [4.69, 9.17) is 14.2 Å². The van der Waals surface area contributed by atoms with Crippen LogP contribution in [0.3, 0.4) is 0 Å². The van der Waals surface area contributed by atoms with Crippen molar-refractivity contribution in [2.24, 2.45) is 0 Å². The molecule has 0 bridgehead atoms. The summed E-state index contributed by atoms with van der Waals surface area (Å²) in [5.41, 5.74) is 0.867. The number of nitrogens with zero attached hydrogens (tertiary/aromatic N) is 2. The van der Waals surface area contributed by atoms with Crippen molar-refractivity contribution < 1.29 is 32.2 Å². The Labute approximate surface area is 192 Å². The molecular weight excluding hydrogens is 450 g/mol. The lowest BCUT2D eigenvalue weighted by molar-refractivity contribution is 0.0524. The summed E-state index contributed by atoms with van der Waals surface area (Å²) < 4.78 is 43.2. The number of aromatic nitrogens is 1. The number of morpholine rings is 1. The largest absolute Gasteiger partial charge is 0.492 e. The minimum absolute atomic E-state index is 0.0324. The quantitative estimate of drug-likeness (QED) is 0.574. The normalized spacial score (nSPS) is 14.5. The lowest BCUT2D eigenvalue weighted by atomic mass is 10.2. The number of pyridine rings is 1. The molecule has 0 unspecified atom stereocenters. The Kier molecular flexibility index (Phi) is 8.01. The zero-order valence-electron chi connectivity index (χ0n) is 18.8. The van der Waals surface area contributed by atoms with Crippen LogP contribution in [-0.4, -0.2) is 69.1 Å². The topological polar surface area (TPSA) is 124 Å². The number of aryl methyl sites for hydroxylation is 1. The number of rotatable bonds is 8.